The molecule has 1 aliphatic rings. The zero-order valence-electron chi connectivity index (χ0n) is 14.1. The number of sulfonamides is 1. The summed E-state index contributed by atoms with van der Waals surface area (Å²) in [6.07, 6.45) is -0.0493. The minimum absolute atomic E-state index is 0.0502. The van der Waals surface area contributed by atoms with E-state index in [2.05, 4.69) is 11.6 Å². The molecule has 8 heteroatoms. The van der Waals surface area contributed by atoms with Crippen molar-refractivity contribution in [2.24, 2.45) is 0 Å². The Morgan fingerprint density at radius 3 is 2.56 bits per heavy atom. The fourth-order valence-corrected chi connectivity index (χ4v) is 4.97. The van der Waals surface area contributed by atoms with E-state index in [9.17, 15) is 13.2 Å². The highest BCUT2D eigenvalue weighted by atomic mass is 32.2. The Kier molecular flexibility index (Phi) is 5.12. The van der Waals surface area contributed by atoms with E-state index < -0.39 is 22.2 Å². The third-order valence-electron chi connectivity index (χ3n) is 4.01. The Labute approximate surface area is 151 Å². The third kappa shape index (κ3) is 4.02. The van der Waals surface area contributed by atoms with Crippen molar-refractivity contribution in [3.63, 3.8) is 0 Å². The Morgan fingerprint density at radius 1 is 1.24 bits per heavy atom. The van der Waals surface area contributed by atoms with Crippen LogP contribution in [0.25, 0.3) is 0 Å². The van der Waals surface area contributed by atoms with Crippen LogP contribution in [0.15, 0.2) is 40.6 Å². The number of nitrogens with zero attached hydrogens (tertiary/aromatic N) is 1. The number of nitrogens with one attached hydrogen (secondary N) is 1. The molecule has 3 rings (SSSR count). The highest BCUT2D eigenvalue weighted by Gasteiger charge is 2.33. The van der Waals surface area contributed by atoms with Crippen molar-refractivity contribution >= 4 is 33.1 Å². The molecule has 0 aliphatic carbocycles. The summed E-state index contributed by atoms with van der Waals surface area (Å²) in [6.45, 7) is 4.28. The van der Waals surface area contributed by atoms with Gasteiger partial charge >= 0.3 is 6.09 Å². The standard InChI is InChI=1S/C17H20N2O4S2/c1-3-13-5-7-14(8-6-13)19-11-15(23-17(19)20)10-18-25(21,22)16-9-4-12(2)24-16/h4-9,15,18H,3,10-11H2,1-2H3. The quantitative estimate of drug-likeness (QED) is 0.836. The molecule has 6 nitrogen and oxygen atoms in total. The summed E-state index contributed by atoms with van der Waals surface area (Å²) in [5, 5.41) is 0. The smallest absolute Gasteiger partial charge is 0.414 e. The van der Waals surface area contributed by atoms with E-state index in [-0.39, 0.29) is 10.8 Å². The molecule has 2 aromatic rings. The molecule has 1 unspecified atom stereocenters. The highest BCUT2D eigenvalue weighted by molar-refractivity contribution is 7.91. The largest absolute Gasteiger partial charge is 0.443 e. The van der Waals surface area contributed by atoms with Gasteiger partial charge in [-0.1, -0.05) is 19.1 Å². The van der Waals surface area contributed by atoms with E-state index in [1.54, 1.807) is 12.1 Å². The lowest BCUT2D eigenvalue weighted by Crippen LogP contribution is -2.34. The van der Waals surface area contributed by atoms with Gasteiger partial charge in [-0.15, -0.1) is 11.3 Å². The third-order valence-corrected chi connectivity index (χ3v) is 6.93. The number of anilines is 1. The lowest BCUT2D eigenvalue weighted by atomic mass is 10.1. The zero-order chi connectivity index (χ0) is 18.0. The molecular formula is C17H20N2O4S2. The van der Waals surface area contributed by atoms with Crippen LogP contribution in [0.5, 0.6) is 0 Å². The monoisotopic (exact) mass is 380 g/mol. The summed E-state index contributed by atoms with van der Waals surface area (Å²) < 4.78 is 32.6. The van der Waals surface area contributed by atoms with Gasteiger partial charge in [0.05, 0.1) is 6.54 Å². The second kappa shape index (κ2) is 7.15. The molecule has 1 aromatic heterocycles. The summed E-state index contributed by atoms with van der Waals surface area (Å²) >= 11 is 1.21. The molecule has 1 saturated heterocycles. The molecule has 0 saturated carbocycles. The maximum atomic E-state index is 12.3. The number of cyclic esters (lactones) is 1. The van der Waals surface area contributed by atoms with Crippen LogP contribution in [0.2, 0.25) is 0 Å². The van der Waals surface area contributed by atoms with E-state index in [0.717, 1.165) is 17.0 Å². The van der Waals surface area contributed by atoms with E-state index in [4.69, 9.17) is 4.74 Å². The molecule has 25 heavy (non-hydrogen) atoms. The van der Waals surface area contributed by atoms with Crippen molar-refractivity contribution in [3.05, 3.63) is 46.8 Å². The lowest BCUT2D eigenvalue weighted by molar-refractivity contribution is 0.143. The summed E-state index contributed by atoms with van der Waals surface area (Å²) in [5.41, 5.74) is 1.94. The van der Waals surface area contributed by atoms with Gasteiger partial charge in [0, 0.05) is 17.1 Å². The van der Waals surface area contributed by atoms with Crippen LogP contribution >= 0.6 is 11.3 Å². The van der Waals surface area contributed by atoms with Crippen molar-refractivity contribution < 1.29 is 17.9 Å². The van der Waals surface area contributed by atoms with E-state index in [1.807, 2.05) is 31.2 Å². The number of benzene rings is 1. The molecule has 1 amide bonds. The molecule has 1 aliphatic heterocycles. The minimum Gasteiger partial charge on any atom is -0.443 e. The molecule has 0 spiro atoms. The number of ether oxygens (including phenoxy) is 1. The van der Waals surface area contributed by atoms with Gasteiger partial charge in [0.15, 0.2) is 0 Å². The first kappa shape index (κ1) is 17.9. The first-order chi connectivity index (χ1) is 11.9. The minimum atomic E-state index is -3.58. The summed E-state index contributed by atoms with van der Waals surface area (Å²) in [4.78, 5) is 14.5. The molecule has 0 radical (unpaired) electrons. The van der Waals surface area contributed by atoms with Crippen LogP contribution in [0.1, 0.15) is 17.4 Å². The fraction of sp³-hybridized carbons (Fsp3) is 0.353. The molecule has 1 N–H and O–H groups in total. The van der Waals surface area contributed by atoms with Crippen molar-refractivity contribution in [1.29, 1.82) is 0 Å². The molecule has 0 bridgehead atoms. The first-order valence-corrected chi connectivity index (χ1v) is 10.3. The second-order valence-corrected chi connectivity index (χ2v) is 9.14. The van der Waals surface area contributed by atoms with Crippen molar-refractivity contribution in [1.82, 2.24) is 4.72 Å². The fourth-order valence-electron chi connectivity index (χ4n) is 2.58. The van der Waals surface area contributed by atoms with E-state index >= 15 is 0 Å². The Morgan fingerprint density at radius 2 is 1.96 bits per heavy atom. The SMILES string of the molecule is CCc1ccc(N2CC(CNS(=O)(=O)c3ccc(C)s3)OC2=O)cc1. The predicted octanol–water partition coefficient (Wildman–Crippen LogP) is 2.92. The number of hydrogen-bond donors (Lipinski definition) is 1. The second-order valence-electron chi connectivity index (χ2n) is 5.85. The maximum absolute atomic E-state index is 12.3. The molecule has 1 fully saturated rings. The van der Waals surface area contributed by atoms with Crippen LogP contribution in [0.3, 0.4) is 0 Å². The maximum Gasteiger partial charge on any atom is 0.414 e. The Bertz CT molecular complexity index is 859. The number of carbonyl (C=O) groups excluding carboxylic acids is 1. The number of aryl methyl sites for hydroxylation is 2. The van der Waals surface area contributed by atoms with Crippen molar-refractivity contribution in [2.75, 3.05) is 18.0 Å². The van der Waals surface area contributed by atoms with Gasteiger partial charge in [0.2, 0.25) is 10.0 Å². The number of carbonyl (C=O) groups is 1. The van der Waals surface area contributed by atoms with Gasteiger partial charge < -0.3 is 4.74 Å². The van der Waals surface area contributed by atoms with Gasteiger partial charge in [-0.3, -0.25) is 4.90 Å². The summed E-state index contributed by atoms with van der Waals surface area (Å²) in [5.74, 6) is 0. The van der Waals surface area contributed by atoms with Crippen LogP contribution < -0.4 is 9.62 Å². The number of thiophene rings is 1. The van der Waals surface area contributed by atoms with E-state index in [0.29, 0.717) is 6.54 Å². The molecule has 1 atom stereocenters. The topological polar surface area (TPSA) is 75.7 Å². The van der Waals surface area contributed by atoms with Crippen LogP contribution in [0.4, 0.5) is 10.5 Å². The molecular weight excluding hydrogens is 360 g/mol. The van der Waals surface area contributed by atoms with Gasteiger partial charge in [0.1, 0.15) is 10.3 Å². The number of hydrogen-bond acceptors (Lipinski definition) is 5. The van der Waals surface area contributed by atoms with Crippen LogP contribution in [-0.2, 0) is 21.2 Å². The zero-order valence-corrected chi connectivity index (χ0v) is 15.7. The van der Waals surface area contributed by atoms with Gasteiger partial charge in [0.25, 0.3) is 0 Å². The first-order valence-electron chi connectivity index (χ1n) is 8.02. The molecule has 2 heterocycles. The number of amides is 1. The normalized spacial score (nSPS) is 17.8. The van der Waals surface area contributed by atoms with Gasteiger partial charge in [-0.25, -0.2) is 17.9 Å². The van der Waals surface area contributed by atoms with E-state index in [1.165, 1.54) is 21.8 Å². The van der Waals surface area contributed by atoms with Gasteiger partial charge in [-0.2, -0.15) is 0 Å². The predicted molar refractivity (Wildman–Crippen MR) is 97.7 cm³/mol. The van der Waals surface area contributed by atoms with Crippen molar-refractivity contribution in [2.45, 2.75) is 30.6 Å². The lowest BCUT2D eigenvalue weighted by Gasteiger charge is -2.13. The van der Waals surface area contributed by atoms with Crippen LogP contribution in [-0.4, -0.2) is 33.7 Å². The average molecular weight is 380 g/mol. The highest BCUT2D eigenvalue weighted by Crippen LogP contribution is 2.23. The Hall–Kier alpha value is -1.90. The molecule has 134 valence electrons. The number of rotatable bonds is 6. The van der Waals surface area contributed by atoms with Gasteiger partial charge in [-0.05, 0) is 43.2 Å². The van der Waals surface area contributed by atoms with Crippen LogP contribution in [0, 0.1) is 6.92 Å². The Balaban J connectivity index is 1.62. The average Bonchev–Trinajstić information content (AvgIpc) is 3.19. The summed E-state index contributed by atoms with van der Waals surface area (Å²) in [7, 11) is -3.58. The molecule has 1 aromatic carbocycles. The van der Waals surface area contributed by atoms with Crippen molar-refractivity contribution in [3.8, 4) is 0 Å². The summed E-state index contributed by atoms with van der Waals surface area (Å²) in [6, 6.07) is 11.0.